The zero-order valence-electron chi connectivity index (χ0n) is 20.2. The maximum atomic E-state index is 10.2. The molecule has 9 atom stereocenters. The SMILES string of the molecule is CC(C)[C@@H](C)CC[C@@H](C)[C@H]1CC[C@H]2[C@@H]3CC=C4C[C@@H](O)CC[C@]4(C)C3CC[C@]12C. The smallest absolute Gasteiger partial charge is 0.0577 e. The third kappa shape index (κ3) is 3.66. The Hall–Kier alpha value is -0.300. The molecule has 0 aliphatic heterocycles. The van der Waals surface area contributed by atoms with Crippen LogP contribution in [0.1, 0.15) is 106 Å². The molecular weight excluding hydrogens is 352 g/mol. The fourth-order valence-corrected chi connectivity index (χ4v) is 8.68. The van der Waals surface area contributed by atoms with Crippen molar-refractivity contribution in [1.29, 1.82) is 0 Å². The van der Waals surface area contributed by atoms with Crippen LogP contribution in [0.4, 0.5) is 0 Å². The topological polar surface area (TPSA) is 20.2 Å². The summed E-state index contributed by atoms with van der Waals surface area (Å²) < 4.78 is 0. The summed E-state index contributed by atoms with van der Waals surface area (Å²) in [7, 11) is 0. The minimum Gasteiger partial charge on any atom is -0.393 e. The van der Waals surface area contributed by atoms with E-state index < -0.39 is 0 Å². The van der Waals surface area contributed by atoms with Crippen LogP contribution < -0.4 is 0 Å². The van der Waals surface area contributed by atoms with Gasteiger partial charge in [-0.3, -0.25) is 0 Å². The Bertz CT molecular complexity index is 620. The Morgan fingerprint density at radius 2 is 1.72 bits per heavy atom. The lowest BCUT2D eigenvalue weighted by Gasteiger charge is -2.58. The molecule has 1 unspecified atom stereocenters. The second-order valence-corrected chi connectivity index (χ2v) is 12.7. The van der Waals surface area contributed by atoms with Gasteiger partial charge in [0.25, 0.3) is 0 Å². The zero-order valence-corrected chi connectivity index (χ0v) is 20.2. The minimum atomic E-state index is -0.0790. The van der Waals surface area contributed by atoms with E-state index in [9.17, 15) is 5.11 Å². The Morgan fingerprint density at radius 3 is 2.45 bits per heavy atom. The Balaban J connectivity index is 1.49. The van der Waals surface area contributed by atoms with E-state index in [-0.39, 0.29) is 6.10 Å². The molecule has 0 aromatic carbocycles. The first kappa shape index (κ1) is 21.9. The molecule has 0 radical (unpaired) electrons. The van der Waals surface area contributed by atoms with E-state index in [1.54, 1.807) is 5.57 Å². The lowest BCUT2D eigenvalue weighted by Crippen LogP contribution is -2.50. The van der Waals surface area contributed by atoms with Crippen LogP contribution in [-0.4, -0.2) is 11.2 Å². The minimum absolute atomic E-state index is 0.0790. The van der Waals surface area contributed by atoms with Crippen LogP contribution in [-0.2, 0) is 0 Å². The molecule has 4 aliphatic carbocycles. The maximum absolute atomic E-state index is 10.2. The highest BCUT2D eigenvalue weighted by atomic mass is 16.3. The maximum Gasteiger partial charge on any atom is 0.0577 e. The van der Waals surface area contributed by atoms with E-state index >= 15 is 0 Å². The Kier molecular flexibility index (Phi) is 6.04. The number of fused-ring (bicyclic) bond motifs is 5. The third-order valence-corrected chi connectivity index (χ3v) is 11.1. The van der Waals surface area contributed by atoms with Gasteiger partial charge in [-0.15, -0.1) is 0 Å². The Labute approximate surface area is 181 Å². The van der Waals surface area contributed by atoms with E-state index in [1.165, 1.54) is 51.4 Å². The molecule has 1 heteroatoms. The van der Waals surface area contributed by atoms with Crippen molar-refractivity contribution >= 4 is 0 Å². The van der Waals surface area contributed by atoms with Gasteiger partial charge < -0.3 is 5.11 Å². The second kappa shape index (κ2) is 7.99. The van der Waals surface area contributed by atoms with Gasteiger partial charge in [0.15, 0.2) is 0 Å². The summed E-state index contributed by atoms with van der Waals surface area (Å²) in [5, 5.41) is 10.2. The van der Waals surface area contributed by atoms with E-state index in [4.69, 9.17) is 0 Å². The standard InChI is InChI=1S/C28H48O/c1-18(2)19(3)7-8-20(4)24-11-12-25-23-10-9-21-17-22(29)13-15-27(21,5)26(23)14-16-28(24,25)6/h9,18-20,22-26,29H,7-8,10-17H2,1-6H3/t19-,20+,22-,23-,24+,25-,26?,27-,28+/m0/s1. The van der Waals surface area contributed by atoms with E-state index in [2.05, 4.69) is 47.6 Å². The highest BCUT2D eigenvalue weighted by Gasteiger charge is 2.59. The summed E-state index contributed by atoms with van der Waals surface area (Å²) in [5.41, 5.74) is 2.59. The van der Waals surface area contributed by atoms with Gasteiger partial charge in [-0.05, 0) is 104 Å². The summed E-state index contributed by atoms with van der Waals surface area (Å²) in [4.78, 5) is 0. The van der Waals surface area contributed by atoms with Gasteiger partial charge in [-0.25, -0.2) is 0 Å². The molecule has 0 spiro atoms. The lowest BCUT2D eigenvalue weighted by molar-refractivity contribution is -0.0574. The van der Waals surface area contributed by atoms with Gasteiger partial charge >= 0.3 is 0 Å². The molecule has 0 aromatic rings. The van der Waals surface area contributed by atoms with E-state index in [0.29, 0.717) is 10.8 Å². The highest BCUT2D eigenvalue weighted by molar-refractivity contribution is 5.25. The summed E-state index contributed by atoms with van der Waals surface area (Å²) in [6.07, 6.45) is 15.7. The van der Waals surface area contributed by atoms with Gasteiger partial charge in [-0.1, -0.05) is 66.0 Å². The zero-order chi connectivity index (χ0) is 21.0. The molecule has 3 fully saturated rings. The van der Waals surface area contributed by atoms with Gasteiger partial charge in [-0.2, -0.15) is 0 Å². The molecule has 0 heterocycles. The Morgan fingerprint density at radius 1 is 0.966 bits per heavy atom. The molecular formula is C28H48O. The van der Waals surface area contributed by atoms with Crippen LogP contribution in [0, 0.1) is 52.3 Å². The summed E-state index contributed by atoms with van der Waals surface area (Å²) >= 11 is 0. The number of aliphatic hydroxyl groups excluding tert-OH is 1. The predicted octanol–water partition coefficient (Wildman–Crippen LogP) is 7.63. The average molecular weight is 401 g/mol. The third-order valence-electron chi connectivity index (χ3n) is 11.1. The first-order valence-corrected chi connectivity index (χ1v) is 13.0. The molecule has 4 aliphatic rings. The quantitative estimate of drug-likeness (QED) is 0.470. The molecule has 29 heavy (non-hydrogen) atoms. The van der Waals surface area contributed by atoms with Crippen molar-refractivity contribution < 1.29 is 5.11 Å². The van der Waals surface area contributed by atoms with Crippen molar-refractivity contribution in [3.63, 3.8) is 0 Å². The molecule has 3 saturated carbocycles. The summed E-state index contributed by atoms with van der Waals surface area (Å²) in [5.74, 6) is 6.24. The van der Waals surface area contributed by atoms with Crippen LogP contribution in [0.15, 0.2) is 11.6 Å². The molecule has 4 rings (SSSR count). The van der Waals surface area contributed by atoms with Gasteiger partial charge in [0.1, 0.15) is 0 Å². The molecule has 1 N–H and O–H groups in total. The van der Waals surface area contributed by atoms with Crippen LogP contribution in [0.2, 0.25) is 0 Å². The molecule has 0 saturated heterocycles. The number of hydrogen-bond acceptors (Lipinski definition) is 1. The number of rotatable bonds is 5. The van der Waals surface area contributed by atoms with Crippen LogP contribution in [0.3, 0.4) is 0 Å². The number of allylic oxidation sites excluding steroid dienone is 1. The van der Waals surface area contributed by atoms with Crippen molar-refractivity contribution in [3.8, 4) is 0 Å². The van der Waals surface area contributed by atoms with Gasteiger partial charge in [0.2, 0.25) is 0 Å². The molecule has 0 bridgehead atoms. The van der Waals surface area contributed by atoms with Crippen molar-refractivity contribution in [2.24, 2.45) is 52.3 Å². The highest BCUT2D eigenvalue weighted by Crippen LogP contribution is 2.67. The fraction of sp³-hybridized carbons (Fsp3) is 0.929. The van der Waals surface area contributed by atoms with Crippen LogP contribution in [0.25, 0.3) is 0 Å². The average Bonchev–Trinajstić information content (AvgIpc) is 3.03. The van der Waals surface area contributed by atoms with Crippen LogP contribution in [0.5, 0.6) is 0 Å². The number of hydrogen-bond donors (Lipinski definition) is 1. The summed E-state index contributed by atoms with van der Waals surface area (Å²) in [6, 6.07) is 0. The first-order chi connectivity index (χ1) is 13.7. The van der Waals surface area contributed by atoms with E-state index in [1.807, 2.05) is 0 Å². The van der Waals surface area contributed by atoms with Gasteiger partial charge in [0.05, 0.1) is 6.10 Å². The lowest BCUT2D eigenvalue weighted by atomic mass is 9.47. The first-order valence-electron chi connectivity index (χ1n) is 13.0. The largest absolute Gasteiger partial charge is 0.393 e. The molecule has 0 amide bonds. The van der Waals surface area contributed by atoms with Crippen molar-refractivity contribution in [2.45, 2.75) is 112 Å². The fourth-order valence-electron chi connectivity index (χ4n) is 8.68. The van der Waals surface area contributed by atoms with Crippen molar-refractivity contribution in [1.82, 2.24) is 0 Å². The van der Waals surface area contributed by atoms with Crippen molar-refractivity contribution in [2.75, 3.05) is 0 Å². The molecule has 166 valence electrons. The summed E-state index contributed by atoms with van der Waals surface area (Å²) in [6.45, 7) is 15.1. The number of aliphatic hydroxyl groups is 1. The van der Waals surface area contributed by atoms with Gasteiger partial charge in [0, 0.05) is 0 Å². The monoisotopic (exact) mass is 400 g/mol. The van der Waals surface area contributed by atoms with Crippen LogP contribution >= 0.6 is 0 Å². The normalized spacial score (nSPS) is 46.5. The van der Waals surface area contributed by atoms with E-state index in [0.717, 1.165) is 54.3 Å². The molecule has 0 aromatic heterocycles. The second-order valence-electron chi connectivity index (χ2n) is 12.7. The predicted molar refractivity (Wildman–Crippen MR) is 124 cm³/mol. The van der Waals surface area contributed by atoms with Crippen molar-refractivity contribution in [3.05, 3.63) is 11.6 Å². The molecule has 1 nitrogen and oxygen atoms in total.